The molecule has 0 unspecified atom stereocenters. The van der Waals surface area contributed by atoms with Crippen LogP contribution in [0.15, 0.2) is 29.2 Å². The number of nitrogens with two attached hydrogens (primary N) is 1. The summed E-state index contributed by atoms with van der Waals surface area (Å²) in [5, 5.41) is 8.39. The van der Waals surface area contributed by atoms with E-state index in [0.717, 1.165) is 5.56 Å². The van der Waals surface area contributed by atoms with E-state index in [1.54, 1.807) is 13.0 Å². The first-order valence-electron chi connectivity index (χ1n) is 5.15. The van der Waals surface area contributed by atoms with E-state index in [1.165, 1.54) is 18.3 Å². The first-order chi connectivity index (χ1) is 8.56. The summed E-state index contributed by atoms with van der Waals surface area (Å²) < 4.78 is 0. The summed E-state index contributed by atoms with van der Waals surface area (Å²) in [6.07, 6.45) is 1.45. The molecule has 2 aromatic heterocycles. The van der Waals surface area contributed by atoms with Gasteiger partial charge >= 0.3 is 0 Å². The quantitative estimate of drug-likeness (QED) is 0.704. The summed E-state index contributed by atoms with van der Waals surface area (Å²) in [5.41, 5.74) is 6.56. The number of rotatable bonds is 2. The Hall–Kier alpha value is -2.70. The second kappa shape index (κ2) is 4.66. The fourth-order valence-electron chi connectivity index (χ4n) is 1.37. The number of carbonyl (C=O) groups excluding carboxylic acids is 1. The van der Waals surface area contributed by atoms with Gasteiger partial charge in [-0.1, -0.05) is 0 Å². The lowest BCUT2D eigenvalue weighted by Crippen LogP contribution is -2.18. The minimum Gasteiger partial charge on any atom is -0.397 e. The van der Waals surface area contributed by atoms with Gasteiger partial charge < -0.3 is 11.1 Å². The van der Waals surface area contributed by atoms with Crippen LogP contribution in [0.3, 0.4) is 0 Å². The predicted molar refractivity (Wildman–Crippen MR) is 66.2 cm³/mol. The van der Waals surface area contributed by atoms with Gasteiger partial charge in [-0.15, -0.1) is 0 Å². The number of H-pyrrole nitrogens is 1. The van der Waals surface area contributed by atoms with Gasteiger partial charge in [0.2, 0.25) is 0 Å². The molecule has 0 fully saturated rings. The second-order valence-electron chi connectivity index (χ2n) is 3.69. The maximum atomic E-state index is 11.8. The Kier molecular flexibility index (Phi) is 3.05. The van der Waals surface area contributed by atoms with Crippen LogP contribution in [0, 0.1) is 6.92 Å². The molecule has 0 aliphatic heterocycles. The molecule has 4 N–H and O–H groups in total. The molecule has 0 aromatic carbocycles. The maximum Gasteiger partial charge on any atom is 0.277 e. The summed E-state index contributed by atoms with van der Waals surface area (Å²) in [7, 11) is 0. The molecule has 92 valence electrons. The van der Waals surface area contributed by atoms with Crippen molar-refractivity contribution in [2.75, 3.05) is 11.1 Å². The minimum atomic E-state index is -0.452. The van der Waals surface area contributed by atoms with Gasteiger partial charge in [-0.2, -0.15) is 5.10 Å². The number of nitrogen functional groups attached to an aromatic ring is 1. The van der Waals surface area contributed by atoms with Crippen LogP contribution in [0.4, 0.5) is 11.5 Å². The zero-order valence-corrected chi connectivity index (χ0v) is 9.60. The summed E-state index contributed by atoms with van der Waals surface area (Å²) in [6, 6.07) is 4.26. The smallest absolute Gasteiger partial charge is 0.277 e. The van der Waals surface area contributed by atoms with Crippen molar-refractivity contribution in [1.29, 1.82) is 0 Å². The summed E-state index contributed by atoms with van der Waals surface area (Å²) in [6.45, 7) is 1.78. The van der Waals surface area contributed by atoms with Gasteiger partial charge in [0.25, 0.3) is 11.5 Å². The van der Waals surface area contributed by atoms with E-state index in [9.17, 15) is 9.59 Å². The van der Waals surface area contributed by atoms with E-state index < -0.39 is 5.91 Å². The lowest BCUT2D eigenvalue weighted by molar-refractivity contribution is 0.102. The first-order valence-corrected chi connectivity index (χ1v) is 5.15. The second-order valence-corrected chi connectivity index (χ2v) is 3.69. The fourth-order valence-corrected chi connectivity index (χ4v) is 1.37. The zero-order chi connectivity index (χ0) is 13.1. The Labute approximate surface area is 102 Å². The van der Waals surface area contributed by atoms with Crippen LogP contribution < -0.4 is 16.6 Å². The lowest BCUT2D eigenvalue weighted by Gasteiger charge is -2.06. The Morgan fingerprint density at radius 3 is 2.83 bits per heavy atom. The number of carbonyl (C=O) groups is 1. The highest BCUT2D eigenvalue weighted by Crippen LogP contribution is 2.14. The van der Waals surface area contributed by atoms with Gasteiger partial charge in [0.05, 0.1) is 11.9 Å². The molecule has 0 aliphatic rings. The number of anilines is 2. The Morgan fingerprint density at radius 2 is 2.22 bits per heavy atom. The highest BCUT2D eigenvalue weighted by molar-refractivity contribution is 6.02. The van der Waals surface area contributed by atoms with Gasteiger partial charge in [0.1, 0.15) is 11.5 Å². The number of nitrogens with one attached hydrogen (secondary N) is 2. The zero-order valence-electron chi connectivity index (χ0n) is 9.60. The van der Waals surface area contributed by atoms with Crippen LogP contribution in [0.5, 0.6) is 0 Å². The molecule has 2 aromatic rings. The van der Waals surface area contributed by atoms with Crippen molar-refractivity contribution in [3.63, 3.8) is 0 Å². The average Bonchev–Trinajstić information content (AvgIpc) is 2.33. The summed E-state index contributed by atoms with van der Waals surface area (Å²) in [4.78, 5) is 26.6. The topological polar surface area (TPSA) is 114 Å². The molecule has 2 heterocycles. The third-order valence-corrected chi connectivity index (χ3v) is 2.24. The van der Waals surface area contributed by atoms with Gasteiger partial charge in [-0.05, 0) is 24.6 Å². The van der Waals surface area contributed by atoms with Crippen LogP contribution in [-0.2, 0) is 0 Å². The van der Waals surface area contributed by atoms with Crippen molar-refractivity contribution in [2.24, 2.45) is 0 Å². The average molecular weight is 245 g/mol. The normalized spacial score (nSPS) is 10.1. The van der Waals surface area contributed by atoms with E-state index in [0.29, 0.717) is 11.5 Å². The molecule has 18 heavy (non-hydrogen) atoms. The molecule has 0 spiro atoms. The Morgan fingerprint density at radius 1 is 1.44 bits per heavy atom. The van der Waals surface area contributed by atoms with Crippen molar-refractivity contribution in [1.82, 2.24) is 15.2 Å². The molecule has 2 rings (SSSR count). The van der Waals surface area contributed by atoms with Crippen molar-refractivity contribution in [2.45, 2.75) is 6.92 Å². The van der Waals surface area contributed by atoms with Crippen LogP contribution >= 0.6 is 0 Å². The van der Waals surface area contributed by atoms with E-state index in [2.05, 4.69) is 20.5 Å². The van der Waals surface area contributed by atoms with Gasteiger partial charge in [-0.25, -0.2) is 10.1 Å². The van der Waals surface area contributed by atoms with Crippen molar-refractivity contribution in [3.05, 3.63) is 46.0 Å². The standard InChI is InChI=1S/C11H11N5O2/c1-6-4-7(12)5-13-10(6)14-11(18)8-2-3-9(17)16-15-8/h2-5H,12H2,1H3,(H,16,17)(H,13,14,18). The number of nitrogens with zero attached hydrogens (tertiary/aromatic N) is 2. The minimum absolute atomic E-state index is 0.104. The van der Waals surface area contributed by atoms with Crippen molar-refractivity contribution < 1.29 is 4.79 Å². The number of hydrogen-bond acceptors (Lipinski definition) is 5. The van der Waals surface area contributed by atoms with Crippen LogP contribution in [-0.4, -0.2) is 21.1 Å². The molecule has 7 heteroatoms. The number of hydrogen-bond donors (Lipinski definition) is 3. The summed E-state index contributed by atoms with van der Waals surface area (Å²) in [5.74, 6) is -0.0474. The van der Waals surface area contributed by atoms with Crippen LogP contribution in [0.25, 0.3) is 0 Å². The maximum absolute atomic E-state index is 11.8. The molecule has 0 aliphatic carbocycles. The fraction of sp³-hybridized carbons (Fsp3) is 0.0909. The molecule has 0 bridgehead atoms. The number of aryl methyl sites for hydroxylation is 1. The molecule has 7 nitrogen and oxygen atoms in total. The molecule has 0 saturated carbocycles. The molecule has 0 radical (unpaired) electrons. The van der Waals surface area contributed by atoms with Crippen molar-refractivity contribution >= 4 is 17.4 Å². The van der Waals surface area contributed by atoms with Crippen molar-refractivity contribution in [3.8, 4) is 0 Å². The van der Waals surface area contributed by atoms with E-state index in [4.69, 9.17) is 5.73 Å². The monoisotopic (exact) mass is 245 g/mol. The molecular formula is C11H11N5O2. The number of aromatic amines is 1. The predicted octanol–water partition coefficient (Wildman–Crippen LogP) is 0.308. The van der Waals surface area contributed by atoms with Gasteiger partial charge in [0, 0.05) is 6.07 Å². The summed E-state index contributed by atoms with van der Waals surface area (Å²) >= 11 is 0. The highest BCUT2D eigenvalue weighted by atomic mass is 16.2. The lowest BCUT2D eigenvalue weighted by atomic mass is 10.2. The highest BCUT2D eigenvalue weighted by Gasteiger charge is 2.10. The number of pyridine rings is 1. The SMILES string of the molecule is Cc1cc(N)cnc1NC(=O)c1ccc(=O)[nH]n1. The third-order valence-electron chi connectivity index (χ3n) is 2.24. The molecule has 1 amide bonds. The van der Waals surface area contributed by atoms with Crippen LogP contribution in [0.2, 0.25) is 0 Å². The van der Waals surface area contributed by atoms with E-state index in [-0.39, 0.29) is 11.3 Å². The largest absolute Gasteiger partial charge is 0.397 e. The molecule has 0 atom stereocenters. The number of aromatic nitrogens is 3. The van der Waals surface area contributed by atoms with E-state index >= 15 is 0 Å². The Balaban J connectivity index is 2.21. The Bertz CT molecular complexity index is 630. The van der Waals surface area contributed by atoms with Gasteiger partial charge in [0.15, 0.2) is 0 Å². The van der Waals surface area contributed by atoms with Crippen LogP contribution in [0.1, 0.15) is 16.1 Å². The third kappa shape index (κ3) is 2.51. The van der Waals surface area contributed by atoms with Gasteiger partial charge in [-0.3, -0.25) is 9.59 Å². The molecule has 0 saturated heterocycles. The molecular weight excluding hydrogens is 234 g/mol. The first kappa shape index (κ1) is 11.8. The van der Waals surface area contributed by atoms with E-state index in [1.807, 2.05) is 0 Å². The number of amides is 1.